The molecule has 2 aromatic rings. The second-order valence-electron chi connectivity index (χ2n) is 3.56. The molecule has 2 rings (SSSR count). The summed E-state index contributed by atoms with van der Waals surface area (Å²) in [5.74, 6) is -1.67. The zero-order valence-electron chi connectivity index (χ0n) is 9.37. The van der Waals surface area contributed by atoms with Crippen molar-refractivity contribution in [3.05, 3.63) is 65.7 Å². The Hall–Kier alpha value is -1.62. The molecule has 0 amide bonds. The minimum atomic E-state index is -1.13. The molecule has 0 aromatic heterocycles. The average molecular weight is 266 g/mol. The summed E-state index contributed by atoms with van der Waals surface area (Å²) < 4.78 is 5.07. The first-order chi connectivity index (χ1) is 8.68. The fourth-order valence-electron chi connectivity index (χ4n) is 1.47. The summed E-state index contributed by atoms with van der Waals surface area (Å²) in [6.07, 6.45) is 0. The van der Waals surface area contributed by atoms with Crippen LogP contribution in [-0.2, 0) is 0 Å². The Kier molecular flexibility index (Phi) is 5.76. The molecule has 0 atom stereocenters. The Bertz CT molecular complexity index is 581. The quantitative estimate of drug-likeness (QED) is 0.524. The number of carbonyl (C=O) groups excluding carboxylic acids is 1. The molecule has 0 unspecified atom stereocenters. The van der Waals surface area contributed by atoms with E-state index in [-0.39, 0.29) is 40.9 Å². The second-order valence-corrected chi connectivity index (χ2v) is 3.56. The maximum absolute atomic E-state index is 11.8. The summed E-state index contributed by atoms with van der Waals surface area (Å²) in [5, 5.41) is 8.96. The monoisotopic (exact) mass is 266 g/mol. The van der Waals surface area contributed by atoms with Crippen molar-refractivity contribution < 1.29 is 19.4 Å². The van der Waals surface area contributed by atoms with Gasteiger partial charge in [-0.2, -0.15) is 0 Å². The number of rotatable bonds is 3. The molecule has 92 valence electrons. The summed E-state index contributed by atoms with van der Waals surface area (Å²) in [6.45, 7) is 0. The van der Waals surface area contributed by atoms with Crippen LogP contribution >= 0.6 is 0 Å². The molecule has 0 aliphatic rings. The molecule has 0 bridgehead atoms. The third kappa shape index (κ3) is 3.92. The molecular formula is C14H11NaO4. The van der Waals surface area contributed by atoms with Gasteiger partial charge in [-0.25, -0.2) is 9.59 Å². The number of carboxylic acids is 1. The van der Waals surface area contributed by atoms with E-state index in [1.54, 1.807) is 42.5 Å². The van der Waals surface area contributed by atoms with Gasteiger partial charge in [-0.1, -0.05) is 30.3 Å². The number of para-hydroxylation sites is 1. The van der Waals surface area contributed by atoms with E-state index in [0.717, 1.165) is 0 Å². The second kappa shape index (κ2) is 7.09. The van der Waals surface area contributed by atoms with Crippen molar-refractivity contribution in [1.29, 1.82) is 0 Å². The Balaban J connectivity index is 0.00000180. The average Bonchev–Trinajstić information content (AvgIpc) is 2.40. The van der Waals surface area contributed by atoms with E-state index in [1.165, 1.54) is 12.1 Å². The molecule has 0 saturated heterocycles. The molecule has 0 radical (unpaired) electrons. The number of hydrogen-bond donors (Lipinski definition) is 1. The maximum atomic E-state index is 11.8. The molecule has 0 fully saturated rings. The Morgan fingerprint density at radius 3 is 2.11 bits per heavy atom. The molecule has 1 N–H and O–H groups in total. The van der Waals surface area contributed by atoms with Gasteiger partial charge < -0.3 is 9.84 Å². The molecule has 5 heteroatoms. The summed E-state index contributed by atoms with van der Waals surface area (Å²) in [7, 11) is 0. The topological polar surface area (TPSA) is 63.6 Å². The third-order valence-electron chi connectivity index (χ3n) is 2.33. The Labute approximate surface area is 132 Å². The molecule has 2 aromatic carbocycles. The van der Waals surface area contributed by atoms with Crippen LogP contribution in [0.3, 0.4) is 0 Å². The molecule has 0 saturated carbocycles. The normalized spacial score (nSPS) is 9.26. The Morgan fingerprint density at radius 1 is 0.895 bits per heavy atom. The van der Waals surface area contributed by atoms with Crippen molar-refractivity contribution in [3.63, 3.8) is 0 Å². The standard InChI is InChI=1S/C14H10O4.Na.H/c15-13(16)11-8-4-5-9-12(11)18-14(17)10-6-2-1-3-7-10;;/h1-9H,(H,15,16);;. The predicted octanol–water partition coefficient (Wildman–Crippen LogP) is 1.96. The number of carbonyl (C=O) groups is 2. The first kappa shape index (κ1) is 15.4. The van der Waals surface area contributed by atoms with Gasteiger partial charge >= 0.3 is 41.5 Å². The first-order valence-corrected chi connectivity index (χ1v) is 5.28. The van der Waals surface area contributed by atoms with Crippen LogP contribution in [0.15, 0.2) is 54.6 Å². The van der Waals surface area contributed by atoms with Crippen LogP contribution in [0.1, 0.15) is 20.7 Å². The first-order valence-electron chi connectivity index (χ1n) is 5.28. The van der Waals surface area contributed by atoms with E-state index >= 15 is 0 Å². The third-order valence-corrected chi connectivity index (χ3v) is 2.33. The summed E-state index contributed by atoms with van der Waals surface area (Å²) >= 11 is 0. The molecule has 0 spiro atoms. The van der Waals surface area contributed by atoms with Crippen molar-refractivity contribution in [2.45, 2.75) is 0 Å². The van der Waals surface area contributed by atoms with Crippen LogP contribution in [0, 0.1) is 0 Å². The zero-order chi connectivity index (χ0) is 13.0. The van der Waals surface area contributed by atoms with Crippen molar-refractivity contribution in [1.82, 2.24) is 0 Å². The number of hydrogen-bond acceptors (Lipinski definition) is 3. The minimum absolute atomic E-state index is 0. The van der Waals surface area contributed by atoms with Crippen LogP contribution in [0.2, 0.25) is 0 Å². The van der Waals surface area contributed by atoms with E-state index in [1.807, 2.05) is 0 Å². The molecular weight excluding hydrogens is 255 g/mol. The van der Waals surface area contributed by atoms with E-state index in [4.69, 9.17) is 9.84 Å². The van der Waals surface area contributed by atoms with Crippen molar-refractivity contribution in [2.24, 2.45) is 0 Å². The number of benzene rings is 2. The van der Waals surface area contributed by atoms with E-state index in [9.17, 15) is 9.59 Å². The van der Waals surface area contributed by atoms with Gasteiger partial charge in [-0.3, -0.25) is 0 Å². The van der Waals surface area contributed by atoms with Gasteiger partial charge in [0.25, 0.3) is 0 Å². The molecule has 0 heterocycles. The molecule has 4 nitrogen and oxygen atoms in total. The molecule has 0 aliphatic carbocycles. The SMILES string of the molecule is O=C(Oc1ccccc1C(=O)O)c1ccccc1.[NaH]. The summed E-state index contributed by atoms with van der Waals surface area (Å²) in [4.78, 5) is 22.7. The fraction of sp³-hybridized carbons (Fsp3) is 0. The molecule has 19 heavy (non-hydrogen) atoms. The number of esters is 1. The summed E-state index contributed by atoms with van der Waals surface area (Å²) in [6, 6.07) is 14.4. The van der Waals surface area contributed by atoms with Crippen LogP contribution < -0.4 is 4.74 Å². The number of aromatic carboxylic acids is 1. The fourth-order valence-corrected chi connectivity index (χ4v) is 1.47. The zero-order valence-corrected chi connectivity index (χ0v) is 9.37. The van der Waals surface area contributed by atoms with Gasteiger partial charge in [0.15, 0.2) is 0 Å². The van der Waals surface area contributed by atoms with Gasteiger partial charge in [-0.05, 0) is 24.3 Å². The van der Waals surface area contributed by atoms with Gasteiger partial charge in [0.1, 0.15) is 11.3 Å². The predicted molar refractivity (Wildman–Crippen MR) is 72.0 cm³/mol. The van der Waals surface area contributed by atoms with E-state index in [2.05, 4.69) is 0 Å². The van der Waals surface area contributed by atoms with E-state index < -0.39 is 11.9 Å². The van der Waals surface area contributed by atoms with Crippen LogP contribution in [0.4, 0.5) is 0 Å². The van der Waals surface area contributed by atoms with Crippen molar-refractivity contribution in [2.75, 3.05) is 0 Å². The Morgan fingerprint density at radius 2 is 1.47 bits per heavy atom. The van der Waals surface area contributed by atoms with Crippen molar-refractivity contribution in [3.8, 4) is 5.75 Å². The van der Waals surface area contributed by atoms with Crippen molar-refractivity contribution >= 4 is 41.5 Å². The van der Waals surface area contributed by atoms with Gasteiger partial charge in [0, 0.05) is 0 Å². The van der Waals surface area contributed by atoms with Gasteiger partial charge in [0.05, 0.1) is 5.56 Å². The van der Waals surface area contributed by atoms with Gasteiger partial charge in [-0.15, -0.1) is 0 Å². The van der Waals surface area contributed by atoms with Crippen LogP contribution in [-0.4, -0.2) is 46.6 Å². The van der Waals surface area contributed by atoms with Gasteiger partial charge in [0.2, 0.25) is 0 Å². The summed E-state index contributed by atoms with van der Waals surface area (Å²) in [5.41, 5.74) is 0.333. The molecule has 0 aliphatic heterocycles. The number of ether oxygens (including phenoxy) is 1. The van der Waals surface area contributed by atoms with Crippen LogP contribution in [0.25, 0.3) is 0 Å². The van der Waals surface area contributed by atoms with Crippen LogP contribution in [0.5, 0.6) is 5.75 Å². The number of carboxylic acid groups (broad SMARTS) is 1. The van der Waals surface area contributed by atoms with E-state index in [0.29, 0.717) is 5.56 Å².